The largest absolute Gasteiger partial charge is 0.454 e. The first-order chi connectivity index (χ1) is 13.3. The van der Waals surface area contributed by atoms with Crippen molar-refractivity contribution in [3.05, 3.63) is 83.1 Å². The minimum atomic E-state index is -0.918. The van der Waals surface area contributed by atoms with Crippen LogP contribution in [-0.4, -0.2) is 19.7 Å². The second kappa shape index (κ2) is 7.51. The van der Waals surface area contributed by atoms with E-state index in [1.807, 2.05) is 4.98 Å². The molecule has 3 rings (SSSR count). The number of nitrogens with one attached hydrogen (secondary N) is 1. The van der Waals surface area contributed by atoms with Gasteiger partial charge in [0.15, 0.2) is 5.75 Å². The molecular weight excluding hydrogens is 413 g/mol. The number of nitro groups is 1. The number of nitro benzene ring substituents is 1. The molecule has 0 aliphatic rings. The maximum absolute atomic E-state index is 12.0. The molecule has 0 bridgehead atoms. The fourth-order valence-electron chi connectivity index (χ4n) is 2.17. The highest BCUT2D eigenvalue weighted by molar-refractivity contribution is 6.37. The van der Waals surface area contributed by atoms with Gasteiger partial charge in [0.05, 0.1) is 20.7 Å². The lowest BCUT2D eigenvalue weighted by atomic mass is 10.3. The second-order valence-electron chi connectivity index (χ2n) is 5.22. The van der Waals surface area contributed by atoms with Gasteiger partial charge in [-0.15, -0.1) is 5.10 Å². The van der Waals surface area contributed by atoms with Gasteiger partial charge in [0.1, 0.15) is 11.8 Å². The van der Waals surface area contributed by atoms with Gasteiger partial charge in [0.25, 0.3) is 11.2 Å². The summed E-state index contributed by atoms with van der Waals surface area (Å²) in [7, 11) is 0. The molecule has 0 aliphatic carbocycles. The van der Waals surface area contributed by atoms with Crippen molar-refractivity contribution >= 4 is 28.9 Å². The van der Waals surface area contributed by atoms with Gasteiger partial charge < -0.3 is 4.74 Å². The smallest absolute Gasteiger partial charge is 0.349 e. The van der Waals surface area contributed by atoms with E-state index in [1.54, 1.807) is 6.07 Å². The molecule has 12 heteroatoms. The molecule has 140 valence electrons. The summed E-state index contributed by atoms with van der Waals surface area (Å²) in [5, 5.41) is 23.2. The summed E-state index contributed by atoms with van der Waals surface area (Å²) in [6, 6.07) is 9.38. The Kier molecular flexibility index (Phi) is 5.12. The second-order valence-corrected chi connectivity index (χ2v) is 6.04. The Morgan fingerprint density at radius 3 is 2.32 bits per heavy atom. The van der Waals surface area contributed by atoms with Crippen LogP contribution in [0.2, 0.25) is 10.0 Å². The third-order valence-corrected chi connectivity index (χ3v) is 3.99. The Morgan fingerprint density at radius 1 is 1.18 bits per heavy atom. The molecule has 3 aromatic rings. The van der Waals surface area contributed by atoms with Gasteiger partial charge >= 0.3 is 5.69 Å². The molecule has 2 aromatic carbocycles. The Hall–Kier alpha value is -3.68. The van der Waals surface area contributed by atoms with Gasteiger partial charge in [-0.2, -0.15) is 9.94 Å². The maximum atomic E-state index is 12.0. The molecule has 1 heterocycles. The predicted octanol–water partition coefficient (Wildman–Crippen LogP) is 2.80. The average Bonchev–Trinajstić information content (AvgIpc) is 2.65. The summed E-state index contributed by atoms with van der Waals surface area (Å²) in [5.74, 6) is 0.284. The van der Waals surface area contributed by atoms with Crippen LogP contribution in [0.3, 0.4) is 0 Å². The number of non-ortho nitro benzene ring substituents is 1. The van der Waals surface area contributed by atoms with E-state index >= 15 is 0 Å². The number of aromatic amines is 1. The average molecular weight is 420 g/mol. The maximum Gasteiger partial charge on any atom is 0.349 e. The van der Waals surface area contributed by atoms with Crippen LogP contribution in [0.15, 0.2) is 46.0 Å². The summed E-state index contributed by atoms with van der Waals surface area (Å²) in [4.78, 5) is 35.5. The van der Waals surface area contributed by atoms with Crippen LogP contribution < -0.4 is 16.0 Å². The monoisotopic (exact) mass is 419 g/mol. The topological polar surface area (TPSA) is 144 Å². The molecule has 0 radical (unpaired) electrons. The molecule has 0 amide bonds. The molecule has 0 spiro atoms. The van der Waals surface area contributed by atoms with Gasteiger partial charge in [0, 0.05) is 12.1 Å². The molecule has 28 heavy (non-hydrogen) atoms. The van der Waals surface area contributed by atoms with Gasteiger partial charge in [-0.25, -0.2) is 4.79 Å². The van der Waals surface area contributed by atoms with Crippen molar-refractivity contribution in [3.8, 4) is 23.3 Å². The number of ether oxygens (including phenoxy) is 1. The lowest BCUT2D eigenvalue weighted by Crippen LogP contribution is -2.33. The Morgan fingerprint density at radius 2 is 1.79 bits per heavy atom. The van der Waals surface area contributed by atoms with E-state index < -0.39 is 21.9 Å². The molecule has 0 atom stereocenters. The fourth-order valence-corrected chi connectivity index (χ4v) is 2.72. The molecule has 10 nitrogen and oxygen atoms in total. The van der Waals surface area contributed by atoms with Crippen molar-refractivity contribution in [1.29, 1.82) is 5.26 Å². The van der Waals surface area contributed by atoms with E-state index in [1.165, 1.54) is 36.4 Å². The van der Waals surface area contributed by atoms with E-state index in [4.69, 9.17) is 33.2 Å². The third-order valence-electron chi connectivity index (χ3n) is 3.43. The van der Waals surface area contributed by atoms with E-state index in [0.717, 1.165) is 4.68 Å². The summed E-state index contributed by atoms with van der Waals surface area (Å²) in [5.41, 5.74) is -2.35. The van der Waals surface area contributed by atoms with Crippen LogP contribution in [0.1, 0.15) is 5.69 Å². The zero-order chi connectivity index (χ0) is 20.4. The number of rotatable bonds is 4. The van der Waals surface area contributed by atoms with Gasteiger partial charge in [-0.05, 0) is 24.3 Å². The van der Waals surface area contributed by atoms with Crippen molar-refractivity contribution in [2.45, 2.75) is 0 Å². The van der Waals surface area contributed by atoms with Crippen LogP contribution in [-0.2, 0) is 0 Å². The zero-order valence-electron chi connectivity index (χ0n) is 13.6. The lowest BCUT2D eigenvalue weighted by molar-refractivity contribution is -0.384. The molecule has 1 aromatic heterocycles. The first-order valence-electron chi connectivity index (χ1n) is 7.35. The molecule has 1 N–H and O–H groups in total. The van der Waals surface area contributed by atoms with Crippen molar-refractivity contribution in [1.82, 2.24) is 14.8 Å². The Balaban J connectivity index is 2.00. The highest BCUT2D eigenvalue weighted by Gasteiger charge is 2.15. The molecule has 0 unspecified atom stereocenters. The van der Waals surface area contributed by atoms with Crippen LogP contribution in [0.25, 0.3) is 5.69 Å². The van der Waals surface area contributed by atoms with Crippen LogP contribution in [0, 0.1) is 21.4 Å². The quantitative estimate of drug-likeness (QED) is 0.505. The number of H-pyrrole nitrogens is 1. The first-order valence-corrected chi connectivity index (χ1v) is 8.11. The van der Waals surface area contributed by atoms with E-state index in [-0.39, 0.29) is 32.9 Å². The van der Waals surface area contributed by atoms with Crippen molar-refractivity contribution < 1.29 is 9.66 Å². The Bertz CT molecular complexity index is 1220. The van der Waals surface area contributed by atoms with E-state index in [2.05, 4.69) is 5.10 Å². The number of aromatic nitrogens is 3. The number of nitriles is 1. The van der Waals surface area contributed by atoms with Crippen molar-refractivity contribution in [2.24, 2.45) is 0 Å². The first kappa shape index (κ1) is 19.1. The lowest BCUT2D eigenvalue weighted by Gasteiger charge is -2.12. The van der Waals surface area contributed by atoms with Crippen molar-refractivity contribution in [2.75, 3.05) is 0 Å². The van der Waals surface area contributed by atoms with E-state index in [0.29, 0.717) is 0 Å². The van der Waals surface area contributed by atoms with Crippen LogP contribution in [0.4, 0.5) is 5.69 Å². The predicted molar refractivity (Wildman–Crippen MR) is 98.4 cm³/mol. The summed E-state index contributed by atoms with van der Waals surface area (Å²) in [6.45, 7) is 0. The molecule has 0 saturated heterocycles. The van der Waals surface area contributed by atoms with E-state index in [9.17, 15) is 19.7 Å². The standard InChI is InChI=1S/C16H7Cl2N5O5/c17-11-5-9(22-16(25)20-15(24)13(7-19)21-22)6-12(18)14(11)28-10-3-1-8(2-4-10)23(26)27/h1-6H,(H,20,24,25). The third kappa shape index (κ3) is 3.71. The van der Waals surface area contributed by atoms with Gasteiger partial charge in [-0.1, -0.05) is 23.2 Å². The number of nitrogens with zero attached hydrogens (tertiary/aromatic N) is 4. The number of hydrogen-bond donors (Lipinski definition) is 1. The molecule has 0 saturated carbocycles. The minimum absolute atomic E-state index is 0.000685. The van der Waals surface area contributed by atoms with Gasteiger partial charge in [0.2, 0.25) is 5.69 Å². The summed E-state index contributed by atoms with van der Waals surface area (Å²) < 4.78 is 6.31. The molecular formula is C16H7Cl2N5O5. The van der Waals surface area contributed by atoms with Gasteiger partial charge in [-0.3, -0.25) is 19.9 Å². The highest BCUT2D eigenvalue weighted by atomic mass is 35.5. The molecule has 0 aliphatic heterocycles. The normalized spacial score (nSPS) is 10.3. The molecule has 0 fully saturated rings. The number of halogens is 2. The summed E-state index contributed by atoms with van der Waals surface area (Å²) >= 11 is 12.4. The minimum Gasteiger partial charge on any atom is -0.454 e. The SMILES string of the molecule is N#Cc1nn(-c2cc(Cl)c(Oc3ccc([N+](=O)[O-])cc3)c(Cl)c2)c(=O)[nH]c1=O. The fraction of sp³-hybridized carbons (Fsp3) is 0. The number of benzene rings is 2. The van der Waals surface area contributed by atoms with Crippen molar-refractivity contribution in [3.63, 3.8) is 0 Å². The zero-order valence-corrected chi connectivity index (χ0v) is 15.1. The number of hydrogen-bond acceptors (Lipinski definition) is 7. The highest BCUT2D eigenvalue weighted by Crippen LogP contribution is 2.38. The van der Waals surface area contributed by atoms with Crippen LogP contribution >= 0.6 is 23.2 Å². The Labute approximate surface area is 165 Å². The van der Waals surface area contributed by atoms with Crippen LogP contribution in [0.5, 0.6) is 11.5 Å². The summed E-state index contributed by atoms with van der Waals surface area (Å²) in [6.07, 6.45) is 0.